The number of β-amino-alcohol motifs (C(OH)–C–C–N with tert-alkyl or cyclic N) is 1. The van der Waals surface area contributed by atoms with Crippen LogP contribution in [0, 0.1) is 5.41 Å². The molecule has 7 nitrogen and oxygen atoms in total. The Morgan fingerprint density at radius 2 is 2.06 bits per heavy atom. The molecular weight excluding hydrogens is 452 g/mol. The molecule has 1 aromatic carbocycles. The van der Waals surface area contributed by atoms with Crippen LogP contribution in [0.25, 0.3) is 11.3 Å². The number of carbonyl (C=O) groups excluding carboxylic acids is 1. The average Bonchev–Trinajstić information content (AvgIpc) is 3.39. The van der Waals surface area contributed by atoms with Gasteiger partial charge >= 0.3 is 0 Å². The summed E-state index contributed by atoms with van der Waals surface area (Å²) in [7, 11) is 0. The summed E-state index contributed by atoms with van der Waals surface area (Å²) in [6.07, 6.45) is 5.19. The van der Waals surface area contributed by atoms with Gasteiger partial charge in [0.1, 0.15) is 0 Å². The number of rotatable bonds is 6. The first-order chi connectivity index (χ1) is 16.1. The smallest absolute Gasteiger partial charge is 0.252 e. The zero-order chi connectivity index (χ0) is 24.1. The van der Waals surface area contributed by atoms with E-state index in [0.29, 0.717) is 42.4 Å². The van der Waals surface area contributed by atoms with Gasteiger partial charge in [-0.3, -0.25) is 9.48 Å². The van der Waals surface area contributed by atoms with Crippen molar-refractivity contribution in [3.8, 4) is 11.3 Å². The predicted molar refractivity (Wildman–Crippen MR) is 132 cm³/mol. The lowest BCUT2D eigenvalue weighted by Crippen LogP contribution is -2.48. The van der Waals surface area contributed by atoms with E-state index in [1.165, 1.54) is 0 Å². The molecule has 2 saturated carbocycles. The van der Waals surface area contributed by atoms with Gasteiger partial charge < -0.3 is 20.8 Å². The molecule has 2 aromatic rings. The number of halogens is 1. The fourth-order valence-electron chi connectivity index (χ4n) is 5.71. The van der Waals surface area contributed by atoms with Gasteiger partial charge in [-0.05, 0) is 62.1 Å². The maximum Gasteiger partial charge on any atom is 0.252 e. The van der Waals surface area contributed by atoms with E-state index in [0.717, 1.165) is 42.6 Å². The van der Waals surface area contributed by atoms with E-state index in [1.54, 1.807) is 12.1 Å². The minimum atomic E-state index is -0.893. The predicted octanol–water partition coefficient (Wildman–Crippen LogP) is 3.65. The number of hydrogen-bond donors (Lipinski definition) is 4. The largest absolute Gasteiger partial charge is 0.390 e. The molecule has 3 unspecified atom stereocenters. The molecule has 0 bridgehead atoms. The zero-order valence-corrected chi connectivity index (χ0v) is 20.7. The van der Waals surface area contributed by atoms with Crippen LogP contribution < -0.4 is 10.6 Å². The van der Waals surface area contributed by atoms with E-state index >= 15 is 0 Å². The second-order valence-corrected chi connectivity index (χ2v) is 11.7. The van der Waals surface area contributed by atoms with Crippen molar-refractivity contribution in [2.75, 3.05) is 19.6 Å². The molecule has 1 saturated heterocycles. The number of benzene rings is 1. The highest BCUT2D eigenvalue weighted by Gasteiger charge is 2.39. The van der Waals surface area contributed by atoms with Gasteiger partial charge in [-0.1, -0.05) is 31.5 Å². The summed E-state index contributed by atoms with van der Waals surface area (Å²) in [5.41, 5.74) is 2.28. The van der Waals surface area contributed by atoms with Gasteiger partial charge in [-0.2, -0.15) is 5.10 Å². The number of amides is 1. The highest BCUT2D eigenvalue weighted by atomic mass is 35.5. The summed E-state index contributed by atoms with van der Waals surface area (Å²) in [6.45, 7) is 5.79. The van der Waals surface area contributed by atoms with Crippen molar-refractivity contribution in [2.24, 2.45) is 5.41 Å². The summed E-state index contributed by atoms with van der Waals surface area (Å²) in [5, 5.41) is 32.8. The molecule has 4 N–H and O–H groups in total. The third kappa shape index (κ3) is 4.89. The molecule has 0 spiro atoms. The van der Waals surface area contributed by atoms with Crippen molar-refractivity contribution >= 4 is 17.5 Å². The van der Waals surface area contributed by atoms with Crippen molar-refractivity contribution in [3.05, 3.63) is 40.5 Å². The average molecular weight is 487 g/mol. The van der Waals surface area contributed by atoms with E-state index in [4.69, 9.17) is 16.7 Å². The van der Waals surface area contributed by atoms with E-state index in [1.807, 2.05) is 10.7 Å². The van der Waals surface area contributed by atoms with Crippen molar-refractivity contribution in [1.29, 1.82) is 0 Å². The summed E-state index contributed by atoms with van der Waals surface area (Å²) >= 11 is 6.41. The lowest BCUT2D eigenvalue weighted by atomic mass is 9.70. The third-order valence-electron chi connectivity index (χ3n) is 7.61. The maximum atomic E-state index is 13.1. The van der Waals surface area contributed by atoms with E-state index in [2.05, 4.69) is 30.5 Å². The highest BCUT2D eigenvalue weighted by Crippen LogP contribution is 2.43. The van der Waals surface area contributed by atoms with Gasteiger partial charge in [0.25, 0.3) is 5.91 Å². The van der Waals surface area contributed by atoms with Crippen molar-refractivity contribution < 1.29 is 15.0 Å². The van der Waals surface area contributed by atoms with Gasteiger partial charge in [0.05, 0.1) is 34.0 Å². The minimum absolute atomic E-state index is 0.0653. The number of nitrogens with one attached hydrogen (secondary N) is 2. The van der Waals surface area contributed by atoms with Crippen molar-refractivity contribution in [3.63, 3.8) is 0 Å². The third-order valence-corrected chi connectivity index (χ3v) is 7.94. The second-order valence-electron chi connectivity index (χ2n) is 11.3. The van der Waals surface area contributed by atoms with E-state index in [9.17, 15) is 15.0 Å². The van der Waals surface area contributed by atoms with Gasteiger partial charge in [-0.15, -0.1) is 0 Å². The molecule has 2 heterocycles. The van der Waals surface area contributed by atoms with Crippen LogP contribution in [0.4, 0.5) is 0 Å². The first-order valence-electron chi connectivity index (χ1n) is 12.4. The maximum absolute atomic E-state index is 13.1. The van der Waals surface area contributed by atoms with Crippen LogP contribution >= 0.6 is 11.6 Å². The molecule has 1 amide bonds. The number of nitrogens with zero attached hydrogens (tertiary/aromatic N) is 2. The summed E-state index contributed by atoms with van der Waals surface area (Å²) in [6, 6.07) is 7.38. The van der Waals surface area contributed by atoms with Gasteiger partial charge in [0.15, 0.2) is 0 Å². The normalized spacial score (nSPS) is 28.7. The first-order valence-corrected chi connectivity index (χ1v) is 12.8. The van der Waals surface area contributed by atoms with Crippen LogP contribution in [0.2, 0.25) is 5.02 Å². The van der Waals surface area contributed by atoms with E-state index < -0.39 is 11.7 Å². The number of aliphatic hydroxyl groups excluding tert-OH is 1. The quantitative estimate of drug-likeness (QED) is 0.499. The molecular formula is C26H35ClN4O3. The standard InChI is InChI=1S/C26H35ClN4O3/c1-25(2)8-3-9-26(34,14-25)15-29-24(33)18-10-17(6-7-19(18)27)20-11-21(16-4-5-16)31(30-20)22-12-28-13-23(22)32/h6-7,10-11,16,22-23,28,32,34H,3-5,8-9,12-15H2,1-2H3,(H,29,33). The van der Waals surface area contributed by atoms with Crippen LogP contribution in [0.3, 0.4) is 0 Å². The zero-order valence-electron chi connectivity index (χ0n) is 20.0. The Balaban J connectivity index is 1.36. The van der Waals surface area contributed by atoms with Gasteiger partial charge in [0.2, 0.25) is 0 Å². The number of hydrogen-bond acceptors (Lipinski definition) is 5. The van der Waals surface area contributed by atoms with Crippen LogP contribution in [0.5, 0.6) is 0 Å². The molecule has 0 radical (unpaired) electrons. The molecule has 5 rings (SSSR count). The number of aromatic nitrogens is 2. The molecule has 8 heteroatoms. The van der Waals surface area contributed by atoms with Crippen LogP contribution in [0.1, 0.15) is 80.4 Å². The van der Waals surface area contributed by atoms with Crippen LogP contribution in [-0.4, -0.2) is 57.2 Å². The lowest BCUT2D eigenvalue weighted by Gasteiger charge is -2.41. The molecule has 184 valence electrons. The number of carbonyl (C=O) groups is 1. The topological polar surface area (TPSA) is 99.4 Å². The second kappa shape index (κ2) is 8.94. The lowest BCUT2D eigenvalue weighted by molar-refractivity contribution is -0.0361. The Morgan fingerprint density at radius 1 is 1.26 bits per heavy atom. The minimum Gasteiger partial charge on any atom is -0.390 e. The molecule has 34 heavy (non-hydrogen) atoms. The SMILES string of the molecule is CC1(C)CCCC(O)(CNC(=O)c2cc(-c3cc(C4CC4)n(C4CNCC4O)n3)ccc2Cl)C1. The van der Waals surface area contributed by atoms with Crippen molar-refractivity contribution in [1.82, 2.24) is 20.4 Å². The molecule has 2 aliphatic carbocycles. The molecule has 1 aliphatic heterocycles. The first kappa shape index (κ1) is 23.8. The summed E-state index contributed by atoms with van der Waals surface area (Å²) in [5.74, 6) is 0.186. The summed E-state index contributed by atoms with van der Waals surface area (Å²) < 4.78 is 1.98. The van der Waals surface area contributed by atoms with Gasteiger partial charge in [-0.25, -0.2) is 0 Å². The Hall–Kier alpha value is -1.93. The molecule has 3 aliphatic rings. The van der Waals surface area contributed by atoms with Crippen LogP contribution in [-0.2, 0) is 0 Å². The molecule has 3 fully saturated rings. The summed E-state index contributed by atoms with van der Waals surface area (Å²) in [4.78, 5) is 13.1. The number of aliphatic hydroxyl groups is 2. The van der Waals surface area contributed by atoms with Crippen molar-refractivity contribution in [2.45, 2.75) is 76.0 Å². The Bertz CT molecular complexity index is 1080. The molecule has 1 aromatic heterocycles. The monoisotopic (exact) mass is 486 g/mol. The Morgan fingerprint density at radius 3 is 2.74 bits per heavy atom. The Labute approximate surface area is 205 Å². The molecule has 3 atom stereocenters. The highest BCUT2D eigenvalue weighted by molar-refractivity contribution is 6.34. The van der Waals surface area contributed by atoms with Gasteiger partial charge in [0, 0.05) is 36.8 Å². The van der Waals surface area contributed by atoms with Crippen LogP contribution in [0.15, 0.2) is 24.3 Å². The van der Waals surface area contributed by atoms with E-state index in [-0.39, 0.29) is 23.9 Å². The Kier molecular flexibility index (Phi) is 6.25. The fraction of sp³-hybridized carbons (Fsp3) is 0.615. The fourth-order valence-corrected chi connectivity index (χ4v) is 5.92.